The number of piperidine rings is 1. The van der Waals surface area contributed by atoms with Crippen molar-refractivity contribution in [2.24, 2.45) is 5.41 Å². The Labute approximate surface area is 200 Å². The molecule has 2 aliphatic heterocycles. The van der Waals surface area contributed by atoms with Gasteiger partial charge in [0, 0.05) is 48.9 Å². The highest BCUT2D eigenvalue weighted by molar-refractivity contribution is 5.96. The summed E-state index contributed by atoms with van der Waals surface area (Å²) in [5, 5.41) is 7.25. The molecule has 2 N–H and O–H groups in total. The van der Waals surface area contributed by atoms with Gasteiger partial charge in [-0.05, 0) is 68.8 Å². The van der Waals surface area contributed by atoms with Crippen LogP contribution in [0.3, 0.4) is 0 Å². The SMILES string of the molecule is CNCCOc1ccc(-c2cc(N3CCC4(CCCNC4=O)C3)c3ccc(OC)cc3n2)cc1. The highest BCUT2D eigenvalue weighted by Crippen LogP contribution is 2.42. The topological polar surface area (TPSA) is 75.7 Å². The summed E-state index contributed by atoms with van der Waals surface area (Å²) in [6, 6.07) is 16.3. The van der Waals surface area contributed by atoms with Crippen LogP contribution >= 0.6 is 0 Å². The number of carbonyl (C=O) groups excluding carboxylic acids is 1. The number of amides is 1. The zero-order valence-corrected chi connectivity index (χ0v) is 19.9. The lowest BCUT2D eigenvalue weighted by atomic mass is 9.79. The van der Waals surface area contributed by atoms with Gasteiger partial charge in [-0.2, -0.15) is 0 Å². The fraction of sp³-hybridized carbons (Fsp3) is 0.407. The van der Waals surface area contributed by atoms with E-state index in [1.165, 1.54) is 0 Å². The molecule has 2 aromatic carbocycles. The van der Waals surface area contributed by atoms with Crippen LogP contribution < -0.4 is 25.0 Å². The fourth-order valence-corrected chi connectivity index (χ4v) is 5.12. The van der Waals surface area contributed by atoms with Crippen LogP contribution in [0.4, 0.5) is 5.69 Å². The third kappa shape index (κ3) is 4.28. The summed E-state index contributed by atoms with van der Waals surface area (Å²) in [5.41, 5.74) is 3.64. The summed E-state index contributed by atoms with van der Waals surface area (Å²) in [5.74, 6) is 1.82. The number of methoxy groups -OCH3 is 1. The van der Waals surface area contributed by atoms with Gasteiger partial charge in [-0.25, -0.2) is 4.98 Å². The van der Waals surface area contributed by atoms with Crippen molar-refractivity contribution in [3.8, 4) is 22.8 Å². The van der Waals surface area contributed by atoms with Crippen LogP contribution in [-0.4, -0.2) is 57.8 Å². The van der Waals surface area contributed by atoms with E-state index in [1.54, 1.807) is 7.11 Å². The average Bonchev–Trinajstić information content (AvgIpc) is 3.30. The largest absolute Gasteiger partial charge is 0.497 e. The number of pyridine rings is 1. The summed E-state index contributed by atoms with van der Waals surface area (Å²) in [4.78, 5) is 20.1. The van der Waals surface area contributed by atoms with Gasteiger partial charge >= 0.3 is 0 Å². The summed E-state index contributed by atoms with van der Waals surface area (Å²) in [6.45, 7) is 3.81. The maximum atomic E-state index is 12.8. The first-order valence-electron chi connectivity index (χ1n) is 12.0. The number of likely N-dealkylation sites (N-methyl/N-ethyl adjacent to an activating group) is 1. The van der Waals surface area contributed by atoms with Crippen LogP contribution in [0.5, 0.6) is 11.5 Å². The molecule has 0 radical (unpaired) electrons. The minimum absolute atomic E-state index is 0.204. The smallest absolute Gasteiger partial charge is 0.228 e. The van der Waals surface area contributed by atoms with Gasteiger partial charge in [0.15, 0.2) is 0 Å². The van der Waals surface area contributed by atoms with Gasteiger partial charge in [-0.3, -0.25) is 4.79 Å². The molecule has 7 nitrogen and oxygen atoms in total. The Balaban J connectivity index is 1.51. The number of benzene rings is 2. The van der Waals surface area contributed by atoms with E-state index in [0.717, 1.165) is 84.8 Å². The maximum absolute atomic E-state index is 12.8. The summed E-state index contributed by atoms with van der Waals surface area (Å²) in [7, 11) is 3.58. The monoisotopic (exact) mass is 460 g/mol. The van der Waals surface area contributed by atoms with Gasteiger partial charge in [0.05, 0.1) is 23.7 Å². The van der Waals surface area contributed by atoms with Crippen LogP contribution in [0, 0.1) is 5.41 Å². The lowest BCUT2D eigenvalue weighted by molar-refractivity contribution is -0.132. The van der Waals surface area contributed by atoms with Gasteiger partial charge in [0.1, 0.15) is 18.1 Å². The Morgan fingerprint density at radius 1 is 1.12 bits per heavy atom. The van der Waals surface area contributed by atoms with E-state index < -0.39 is 0 Å². The van der Waals surface area contributed by atoms with Crippen molar-refractivity contribution in [3.63, 3.8) is 0 Å². The summed E-state index contributed by atoms with van der Waals surface area (Å²) < 4.78 is 11.2. The molecule has 7 heteroatoms. The zero-order chi connectivity index (χ0) is 23.5. The highest BCUT2D eigenvalue weighted by Gasteiger charge is 2.46. The van der Waals surface area contributed by atoms with E-state index in [-0.39, 0.29) is 11.3 Å². The Bertz CT molecular complexity index is 1180. The molecule has 5 rings (SSSR count). The molecule has 0 saturated carbocycles. The van der Waals surface area contributed by atoms with Crippen LogP contribution in [-0.2, 0) is 4.79 Å². The van der Waals surface area contributed by atoms with Crippen molar-refractivity contribution in [2.75, 3.05) is 51.8 Å². The van der Waals surface area contributed by atoms with Crippen molar-refractivity contribution in [1.29, 1.82) is 0 Å². The molecular weight excluding hydrogens is 428 g/mol. The second kappa shape index (κ2) is 9.50. The number of nitrogens with one attached hydrogen (secondary N) is 2. The van der Waals surface area contributed by atoms with Gasteiger partial charge < -0.3 is 25.0 Å². The van der Waals surface area contributed by atoms with Crippen molar-refractivity contribution in [1.82, 2.24) is 15.6 Å². The van der Waals surface area contributed by atoms with E-state index in [4.69, 9.17) is 14.5 Å². The highest BCUT2D eigenvalue weighted by atomic mass is 16.5. The molecule has 178 valence electrons. The third-order valence-electron chi connectivity index (χ3n) is 7.06. The molecule has 0 bridgehead atoms. The van der Waals surface area contributed by atoms with Crippen molar-refractivity contribution < 1.29 is 14.3 Å². The molecule has 2 aliphatic rings. The quantitative estimate of drug-likeness (QED) is 0.525. The molecule has 1 spiro atoms. The fourth-order valence-electron chi connectivity index (χ4n) is 5.12. The van der Waals surface area contributed by atoms with E-state index in [2.05, 4.69) is 27.7 Å². The lowest BCUT2D eigenvalue weighted by Crippen LogP contribution is -2.47. The second-order valence-corrected chi connectivity index (χ2v) is 9.20. The maximum Gasteiger partial charge on any atom is 0.228 e. The second-order valence-electron chi connectivity index (χ2n) is 9.20. The van der Waals surface area contributed by atoms with Crippen LogP contribution in [0.2, 0.25) is 0 Å². The molecule has 0 aliphatic carbocycles. The average molecular weight is 461 g/mol. The van der Waals surface area contributed by atoms with E-state index in [0.29, 0.717) is 6.61 Å². The van der Waals surface area contributed by atoms with Gasteiger partial charge in [-0.1, -0.05) is 0 Å². The van der Waals surface area contributed by atoms with Gasteiger partial charge in [-0.15, -0.1) is 0 Å². The zero-order valence-electron chi connectivity index (χ0n) is 19.9. The summed E-state index contributed by atoms with van der Waals surface area (Å²) in [6.07, 6.45) is 2.88. The van der Waals surface area contributed by atoms with Crippen LogP contribution in [0.15, 0.2) is 48.5 Å². The first kappa shape index (κ1) is 22.5. The molecule has 3 heterocycles. The van der Waals surface area contributed by atoms with Crippen LogP contribution in [0.25, 0.3) is 22.2 Å². The Hall–Kier alpha value is -3.32. The van der Waals surface area contributed by atoms with E-state index in [9.17, 15) is 4.79 Å². The first-order valence-corrected chi connectivity index (χ1v) is 12.0. The number of hydrogen-bond donors (Lipinski definition) is 2. The molecule has 2 saturated heterocycles. The molecule has 1 amide bonds. The normalized spacial score (nSPS) is 20.1. The predicted octanol–water partition coefficient (Wildman–Crippen LogP) is 3.62. The predicted molar refractivity (Wildman–Crippen MR) is 135 cm³/mol. The number of aromatic nitrogens is 1. The molecule has 34 heavy (non-hydrogen) atoms. The molecule has 2 fully saturated rings. The van der Waals surface area contributed by atoms with Crippen molar-refractivity contribution in [3.05, 3.63) is 48.5 Å². The van der Waals surface area contributed by atoms with Crippen molar-refractivity contribution >= 4 is 22.5 Å². The van der Waals surface area contributed by atoms with Gasteiger partial charge in [0.25, 0.3) is 0 Å². The Morgan fingerprint density at radius 2 is 1.94 bits per heavy atom. The van der Waals surface area contributed by atoms with E-state index >= 15 is 0 Å². The number of rotatable bonds is 7. The third-order valence-corrected chi connectivity index (χ3v) is 7.06. The number of anilines is 1. The first-order chi connectivity index (χ1) is 16.6. The Kier molecular flexibility index (Phi) is 6.28. The van der Waals surface area contributed by atoms with Gasteiger partial charge in [0.2, 0.25) is 5.91 Å². The number of ether oxygens (including phenoxy) is 2. The minimum Gasteiger partial charge on any atom is -0.497 e. The number of nitrogens with zero attached hydrogens (tertiary/aromatic N) is 2. The number of hydrogen-bond acceptors (Lipinski definition) is 6. The summed E-state index contributed by atoms with van der Waals surface area (Å²) >= 11 is 0. The number of fused-ring (bicyclic) bond motifs is 1. The Morgan fingerprint density at radius 3 is 2.71 bits per heavy atom. The molecular formula is C27H32N4O3. The molecule has 1 atom stereocenters. The van der Waals surface area contributed by atoms with E-state index in [1.807, 2.05) is 43.4 Å². The molecule has 1 aromatic heterocycles. The standard InChI is InChI=1S/C27H32N4O3/c1-28-13-15-34-20-6-4-19(5-7-20)23-17-25(22-9-8-21(33-2)16-24(22)30-23)31-14-11-27(18-31)10-3-12-29-26(27)32/h4-9,16-17,28H,3,10-15,18H2,1-2H3,(H,29,32). The minimum atomic E-state index is -0.285. The lowest BCUT2D eigenvalue weighted by Gasteiger charge is -2.32. The molecule has 3 aromatic rings. The van der Waals surface area contributed by atoms with Crippen molar-refractivity contribution in [2.45, 2.75) is 19.3 Å². The molecule has 1 unspecified atom stereocenters. The van der Waals surface area contributed by atoms with Crippen LogP contribution in [0.1, 0.15) is 19.3 Å². The number of carbonyl (C=O) groups is 1.